The van der Waals surface area contributed by atoms with Gasteiger partial charge in [-0.3, -0.25) is 4.79 Å². The Morgan fingerprint density at radius 1 is 1.42 bits per heavy atom. The molecule has 1 atom stereocenters. The van der Waals surface area contributed by atoms with Gasteiger partial charge in [-0.25, -0.2) is 4.98 Å². The van der Waals surface area contributed by atoms with Crippen LogP contribution in [0.25, 0.3) is 4.96 Å². The van der Waals surface area contributed by atoms with Crippen LogP contribution in [0.2, 0.25) is 5.02 Å². The summed E-state index contributed by atoms with van der Waals surface area (Å²) in [7, 11) is 0. The van der Waals surface area contributed by atoms with Crippen molar-refractivity contribution in [2.45, 2.75) is 25.9 Å². The molecule has 3 aromatic rings. The maximum atomic E-state index is 12.1. The third-order valence-electron chi connectivity index (χ3n) is 3.52. The van der Waals surface area contributed by atoms with Gasteiger partial charge in [-0.1, -0.05) is 54.5 Å². The van der Waals surface area contributed by atoms with Gasteiger partial charge in [-0.15, -0.1) is 5.10 Å². The number of nitrogens with one attached hydrogen (secondary N) is 1. The van der Waals surface area contributed by atoms with Crippen LogP contribution in [0.15, 0.2) is 35.1 Å². The number of nitrogens with zero attached hydrogens (tertiary/aromatic N) is 3. The Labute approximate surface area is 147 Å². The van der Waals surface area contributed by atoms with Crippen LogP contribution in [0.5, 0.6) is 0 Å². The summed E-state index contributed by atoms with van der Waals surface area (Å²) >= 11 is 7.36. The average Bonchev–Trinajstić information content (AvgIpc) is 2.97. The molecule has 1 aromatic carbocycles. The van der Waals surface area contributed by atoms with Crippen molar-refractivity contribution in [2.75, 3.05) is 11.9 Å². The molecule has 0 aliphatic heterocycles. The highest BCUT2D eigenvalue weighted by Gasteiger charge is 2.13. The van der Waals surface area contributed by atoms with Crippen molar-refractivity contribution in [3.05, 3.63) is 57.0 Å². The van der Waals surface area contributed by atoms with E-state index in [0.29, 0.717) is 20.7 Å². The van der Waals surface area contributed by atoms with Gasteiger partial charge in [0.2, 0.25) is 10.1 Å². The molecule has 0 amide bonds. The predicted octanol–water partition coefficient (Wildman–Crippen LogP) is 2.90. The number of hydrogen-bond acceptors (Lipinski definition) is 6. The summed E-state index contributed by atoms with van der Waals surface area (Å²) in [4.78, 5) is 17.0. The van der Waals surface area contributed by atoms with E-state index in [-0.39, 0.29) is 12.1 Å². The molecule has 0 aliphatic carbocycles. The molecule has 24 heavy (non-hydrogen) atoms. The van der Waals surface area contributed by atoms with E-state index in [9.17, 15) is 9.90 Å². The number of hydrogen-bond donors (Lipinski definition) is 2. The zero-order chi connectivity index (χ0) is 17.1. The summed E-state index contributed by atoms with van der Waals surface area (Å²) in [5, 5.41) is 18.5. The van der Waals surface area contributed by atoms with Gasteiger partial charge in [0.1, 0.15) is 0 Å². The summed E-state index contributed by atoms with van der Waals surface area (Å²) in [5.74, 6) is 0. The Morgan fingerprint density at radius 2 is 2.21 bits per heavy atom. The van der Waals surface area contributed by atoms with Crippen molar-refractivity contribution < 1.29 is 5.11 Å². The van der Waals surface area contributed by atoms with Crippen LogP contribution in [0.1, 0.15) is 30.7 Å². The van der Waals surface area contributed by atoms with Crippen molar-refractivity contribution in [2.24, 2.45) is 0 Å². The van der Waals surface area contributed by atoms with Gasteiger partial charge in [-0.2, -0.15) is 4.52 Å². The summed E-state index contributed by atoms with van der Waals surface area (Å²) in [6, 6.07) is 8.65. The minimum atomic E-state index is -0.772. The van der Waals surface area contributed by atoms with Crippen LogP contribution in [-0.4, -0.2) is 26.2 Å². The first-order valence-corrected chi connectivity index (χ1v) is 8.84. The van der Waals surface area contributed by atoms with E-state index in [1.807, 2.05) is 19.1 Å². The molecule has 8 heteroatoms. The van der Waals surface area contributed by atoms with Gasteiger partial charge in [0, 0.05) is 28.9 Å². The van der Waals surface area contributed by atoms with Gasteiger partial charge in [0.15, 0.2) is 0 Å². The molecule has 3 rings (SSSR count). The van der Waals surface area contributed by atoms with Gasteiger partial charge in [-0.05, 0) is 12.5 Å². The molecular formula is C16H17ClN4O2S. The second-order valence-electron chi connectivity index (χ2n) is 5.36. The number of rotatable bonds is 6. The van der Waals surface area contributed by atoms with Crippen molar-refractivity contribution >= 4 is 33.0 Å². The van der Waals surface area contributed by atoms with Gasteiger partial charge < -0.3 is 10.4 Å². The van der Waals surface area contributed by atoms with E-state index in [4.69, 9.17) is 11.6 Å². The number of aromatic nitrogens is 3. The average molecular weight is 365 g/mol. The highest BCUT2D eigenvalue weighted by molar-refractivity contribution is 7.20. The standard InChI is InChI=1S/C16H17ClN4O2S/c1-2-5-10-8-14(23)21-16(19-10)24-15(20-21)18-9-13(22)11-6-3-4-7-12(11)17/h3-4,6-8,13,22H,2,5,9H2,1H3,(H,18,20). The zero-order valence-corrected chi connectivity index (χ0v) is 14.6. The van der Waals surface area contributed by atoms with Crippen LogP contribution in [-0.2, 0) is 6.42 Å². The zero-order valence-electron chi connectivity index (χ0n) is 13.1. The highest BCUT2D eigenvalue weighted by atomic mass is 35.5. The molecule has 0 saturated heterocycles. The molecule has 0 radical (unpaired) electrons. The van der Waals surface area contributed by atoms with Crippen molar-refractivity contribution in [3.8, 4) is 0 Å². The fourth-order valence-electron chi connectivity index (χ4n) is 2.35. The van der Waals surface area contributed by atoms with Crippen LogP contribution < -0.4 is 10.9 Å². The third-order valence-corrected chi connectivity index (χ3v) is 4.73. The maximum absolute atomic E-state index is 12.1. The molecule has 2 N–H and O–H groups in total. The number of aliphatic hydroxyl groups excluding tert-OH is 1. The maximum Gasteiger partial charge on any atom is 0.275 e. The van der Waals surface area contributed by atoms with Crippen molar-refractivity contribution in [1.82, 2.24) is 14.6 Å². The minimum Gasteiger partial charge on any atom is -0.387 e. The molecular weight excluding hydrogens is 348 g/mol. The minimum absolute atomic E-state index is 0.195. The Kier molecular flexibility index (Phi) is 5.13. The fourth-order valence-corrected chi connectivity index (χ4v) is 3.44. The number of halogens is 1. The summed E-state index contributed by atoms with van der Waals surface area (Å²) < 4.78 is 1.27. The monoisotopic (exact) mass is 364 g/mol. The molecule has 0 bridgehead atoms. The molecule has 0 fully saturated rings. The van der Waals surface area contributed by atoms with Crippen molar-refractivity contribution in [3.63, 3.8) is 0 Å². The molecule has 126 valence electrons. The second-order valence-corrected chi connectivity index (χ2v) is 6.72. The number of fused-ring (bicyclic) bond motifs is 1. The van der Waals surface area contributed by atoms with E-state index in [2.05, 4.69) is 15.4 Å². The van der Waals surface area contributed by atoms with Crippen LogP contribution in [0.3, 0.4) is 0 Å². The first-order chi connectivity index (χ1) is 11.6. The molecule has 1 unspecified atom stereocenters. The second kappa shape index (κ2) is 7.29. The molecule has 2 aromatic heterocycles. The van der Waals surface area contributed by atoms with Gasteiger partial charge in [0.05, 0.1) is 6.10 Å². The molecule has 0 saturated carbocycles. The van der Waals surface area contributed by atoms with Crippen molar-refractivity contribution in [1.29, 1.82) is 0 Å². The van der Waals surface area contributed by atoms with Gasteiger partial charge in [0.25, 0.3) is 5.56 Å². The summed E-state index contributed by atoms with van der Waals surface area (Å²) in [5.41, 5.74) is 1.22. The Bertz CT molecular complexity index is 908. The lowest BCUT2D eigenvalue weighted by Crippen LogP contribution is -2.16. The quantitative estimate of drug-likeness (QED) is 0.703. The Balaban J connectivity index is 1.77. The van der Waals surface area contributed by atoms with E-state index < -0.39 is 6.10 Å². The Morgan fingerprint density at radius 3 is 2.96 bits per heavy atom. The van der Waals surface area contributed by atoms with E-state index in [0.717, 1.165) is 18.5 Å². The lowest BCUT2D eigenvalue weighted by molar-refractivity contribution is 0.191. The lowest BCUT2D eigenvalue weighted by atomic mass is 10.1. The van der Waals surface area contributed by atoms with E-state index in [1.54, 1.807) is 12.1 Å². The molecule has 2 heterocycles. The van der Waals surface area contributed by atoms with E-state index >= 15 is 0 Å². The topological polar surface area (TPSA) is 79.5 Å². The van der Waals surface area contributed by atoms with Crippen LogP contribution in [0, 0.1) is 0 Å². The SMILES string of the molecule is CCCc1cc(=O)n2nc(NCC(O)c3ccccc3Cl)sc2n1. The highest BCUT2D eigenvalue weighted by Crippen LogP contribution is 2.24. The molecule has 6 nitrogen and oxygen atoms in total. The fraction of sp³-hybridized carbons (Fsp3) is 0.312. The molecule has 0 spiro atoms. The molecule has 0 aliphatic rings. The normalized spacial score (nSPS) is 12.5. The summed E-state index contributed by atoms with van der Waals surface area (Å²) in [6.45, 7) is 2.28. The van der Waals surface area contributed by atoms with Crippen LogP contribution >= 0.6 is 22.9 Å². The van der Waals surface area contributed by atoms with Gasteiger partial charge >= 0.3 is 0 Å². The summed E-state index contributed by atoms with van der Waals surface area (Å²) in [6.07, 6.45) is 0.916. The first-order valence-electron chi connectivity index (χ1n) is 7.64. The predicted molar refractivity (Wildman–Crippen MR) is 96.0 cm³/mol. The van der Waals surface area contributed by atoms with Crippen LogP contribution in [0.4, 0.5) is 5.13 Å². The van der Waals surface area contributed by atoms with E-state index in [1.165, 1.54) is 21.9 Å². The largest absolute Gasteiger partial charge is 0.387 e. The number of benzene rings is 1. The number of anilines is 1. The number of aryl methyl sites for hydroxylation is 1. The lowest BCUT2D eigenvalue weighted by Gasteiger charge is -2.12. The smallest absolute Gasteiger partial charge is 0.275 e. The number of aliphatic hydroxyl groups is 1. The first kappa shape index (κ1) is 16.9. The Hall–Kier alpha value is -1.96. The third kappa shape index (κ3) is 3.58.